The van der Waals surface area contributed by atoms with Gasteiger partial charge in [0.2, 0.25) is 0 Å². The molecule has 4 rings (SSSR count). The third-order valence-electron chi connectivity index (χ3n) is 7.09. The Morgan fingerprint density at radius 3 is 2.85 bits per heavy atom. The highest BCUT2D eigenvalue weighted by Gasteiger charge is 2.67. The SMILES string of the molecule is OCC12CCC(C1)C1CCCC12COC1CCCCO1. The minimum Gasteiger partial charge on any atom is -0.396 e. The van der Waals surface area contributed by atoms with Gasteiger partial charge < -0.3 is 14.6 Å². The van der Waals surface area contributed by atoms with E-state index in [2.05, 4.69) is 0 Å². The van der Waals surface area contributed by atoms with Crippen molar-refractivity contribution in [2.75, 3.05) is 19.8 Å². The number of rotatable bonds is 4. The van der Waals surface area contributed by atoms with Crippen molar-refractivity contribution in [2.24, 2.45) is 22.7 Å². The molecule has 4 fully saturated rings. The van der Waals surface area contributed by atoms with E-state index in [0.29, 0.717) is 6.61 Å². The molecule has 0 radical (unpaired) electrons. The molecule has 3 heteroatoms. The molecule has 4 aliphatic rings. The highest BCUT2D eigenvalue weighted by atomic mass is 16.7. The topological polar surface area (TPSA) is 38.7 Å². The van der Waals surface area contributed by atoms with Crippen molar-refractivity contribution in [1.82, 2.24) is 0 Å². The van der Waals surface area contributed by atoms with Gasteiger partial charge in [-0.2, -0.15) is 0 Å². The van der Waals surface area contributed by atoms with Gasteiger partial charge in [-0.1, -0.05) is 6.42 Å². The number of hydrogen-bond donors (Lipinski definition) is 1. The summed E-state index contributed by atoms with van der Waals surface area (Å²) in [5.41, 5.74) is 0.443. The van der Waals surface area contributed by atoms with Crippen LogP contribution in [-0.4, -0.2) is 31.2 Å². The Kier molecular flexibility index (Phi) is 3.36. The van der Waals surface area contributed by atoms with Crippen LogP contribution in [0.25, 0.3) is 0 Å². The van der Waals surface area contributed by atoms with Gasteiger partial charge in [0.1, 0.15) is 0 Å². The smallest absolute Gasteiger partial charge is 0.157 e. The van der Waals surface area contributed by atoms with Gasteiger partial charge in [-0.25, -0.2) is 0 Å². The van der Waals surface area contributed by atoms with Crippen LogP contribution in [-0.2, 0) is 9.47 Å². The lowest BCUT2D eigenvalue weighted by atomic mass is 9.60. The fourth-order valence-electron chi connectivity index (χ4n) is 6.13. The molecule has 0 amide bonds. The van der Waals surface area contributed by atoms with Crippen LogP contribution >= 0.6 is 0 Å². The summed E-state index contributed by atoms with van der Waals surface area (Å²) < 4.78 is 12.0. The summed E-state index contributed by atoms with van der Waals surface area (Å²) in [6.07, 6.45) is 11.3. The summed E-state index contributed by atoms with van der Waals surface area (Å²) in [4.78, 5) is 0. The van der Waals surface area contributed by atoms with Gasteiger partial charge in [0, 0.05) is 24.0 Å². The highest BCUT2D eigenvalue weighted by molar-refractivity contribution is 5.16. The molecule has 0 spiro atoms. The zero-order valence-electron chi connectivity index (χ0n) is 12.5. The van der Waals surface area contributed by atoms with Gasteiger partial charge in [-0.3, -0.25) is 0 Å². The van der Waals surface area contributed by atoms with Crippen LogP contribution in [0.3, 0.4) is 0 Å². The molecule has 5 unspecified atom stereocenters. The number of aliphatic hydroxyl groups excluding tert-OH is 1. The Bertz CT molecular complexity index is 365. The van der Waals surface area contributed by atoms with Gasteiger partial charge >= 0.3 is 0 Å². The first-order chi connectivity index (χ1) is 9.80. The van der Waals surface area contributed by atoms with E-state index >= 15 is 0 Å². The number of ether oxygens (including phenoxy) is 2. The van der Waals surface area contributed by atoms with E-state index in [-0.39, 0.29) is 17.1 Å². The zero-order valence-corrected chi connectivity index (χ0v) is 12.5. The maximum atomic E-state index is 10.1. The van der Waals surface area contributed by atoms with Crippen molar-refractivity contribution >= 4 is 0 Å². The summed E-state index contributed by atoms with van der Waals surface area (Å²) in [6, 6.07) is 0. The maximum Gasteiger partial charge on any atom is 0.157 e. The Balaban J connectivity index is 1.51. The fraction of sp³-hybridized carbons (Fsp3) is 1.00. The quantitative estimate of drug-likeness (QED) is 0.860. The van der Waals surface area contributed by atoms with Crippen LogP contribution in [0.15, 0.2) is 0 Å². The fourth-order valence-corrected chi connectivity index (χ4v) is 6.13. The molecule has 3 saturated carbocycles. The Morgan fingerprint density at radius 1 is 1.10 bits per heavy atom. The van der Waals surface area contributed by atoms with E-state index in [1.165, 1.54) is 51.4 Å². The summed E-state index contributed by atoms with van der Waals surface area (Å²) >= 11 is 0. The van der Waals surface area contributed by atoms with Crippen LogP contribution in [0.2, 0.25) is 0 Å². The second-order valence-corrected chi connectivity index (χ2v) is 7.70. The average Bonchev–Trinajstić information content (AvgIpc) is 3.17. The molecule has 20 heavy (non-hydrogen) atoms. The third-order valence-corrected chi connectivity index (χ3v) is 7.09. The van der Waals surface area contributed by atoms with Crippen molar-refractivity contribution < 1.29 is 14.6 Å². The lowest BCUT2D eigenvalue weighted by Gasteiger charge is -2.47. The van der Waals surface area contributed by atoms with Crippen LogP contribution in [0.1, 0.15) is 57.8 Å². The van der Waals surface area contributed by atoms with E-state index < -0.39 is 0 Å². The molecule has 1 saturated heterocycles. The predicted molar refractivity (Wildman–Crippen MR) is 76.2 cm³/mol. The molecular formula is C17H28O3. The monoisotopic (exact) mass is 280 g/mol. The second kappa shape index (κ2) is 4.96. The molecule has 5 atom stereocenters. The van der Waals surface area contributed by atoms with Crippen LogP contribution in [0, 0.1) is 22.7 Å². The predicted octanol–water partition coefficient (Wildman–Crippen LogP) is 3.11. The van der Waals surface area contributed by atoms with Gasteiger partial charge in [0.05, 0.1) is 6.61 Å². The Morgan fingerprint density at radius 2 is 2.05 bits per heavy atom. The molecule has 1 aliphatic heterocycles. The van der Waals surface area contributed by atoms with E-state index in [1.54, 1.807) is 0 Å². The molecule has 3 nitrogen and oxygen atoms in total. The minimum absolute atomic E-state index is 0.0224. The van der Waals surface area contributed by atoms with Gasteiger partial charge in [-0.15, -0.1) is 0 Å². The van der Waals surface area contributed by atoms with Crippen molar-refractivity contribution in [3.8, 4) is 0 Å². The molecule has 114 valence electrons. The zero-order chi connectivity index (χ0) is 13.6. The van der Waals surface area contributed by atoms with E-state index in [4.69, 9.17) is 9.47 Å². The molecule has 2 bridgehead atoms. The lowest BCUT2D eigenvalue weighted by molar-refractivity contribution is -0.198. The first-order valence-electron chi connectivity index (χ1n) is 8.64. The van der Waals surface area contributed by atoms with Crippen molar-refractivity contribution in [2.45, 2.75) is 64.1 Å². The first-order valence-corrected chi connectivity index (χ1v) is 8.64. The Labute approximate surface area is 122 Å². The van der Waals surface area contributed by atoms with Crippen LogP contribution in [0.4, 0.5) is 0 Å². The third kappa shape index (κ3) is 1.75. The van der Waals surface area contributed by atoms with Gasteiger partial charge in [0.15, 0.2) is 6.29 Å². The van der Waals surface area contributed by atoms with E-state index in [9.17, 15) is 5.11 Å². The van der Waals surface area contributed by atoms with E-state index in [1.807, 2.05) is 0 Å². The number of hydrogen-bond acceptors (Lipinski definition) is 3. The minimum atomic E-state index is 0.0224. The summed E-state index contributed by atoms with van der Waals surface area (Å²) in [5, 5.41) is 10.1. The molecule has 1 N–H and O–H groups in total. The standard InChI is InChI=1S/C17H28O3/c18-11-16-8-6-13(10-16)14-4-3-7-17(14,16)12-20-15-5-1-2-9-19-15/h13-15,18H,1-12H2. The molecule has 0 aromatic carbocycles. The molecule has 3 aliphatic carbocycles. The van der Waals surface area contributed by atoms with Gasteiger partial charge in [-0.05, 0) is 63.2 Å². The highest BCUT2D eigenvalue weighted by Crippen LogP contribution is 2.72. The van der Waals surface area contributed by atoms with Gasteiger partial charge in [0.25, 0.3) is 0 Å². The summed E-state index contributed by atoms with van der Waals surface area (Å²) in [7, 11) is 0. The van der Waals surface area contributed by atoms with Crippen molar-refractivity contribution in [3.05, 3.63) is 0 Å². The number of aliphatic hydroxyl groups is 1. The summed E-state index contributed by atoms with van der Waals surface area (Å²) in [5.74, 6) is 1.67. The summed E-state index contributed by atoms with van der Waals surface area (Å²) in [6.45, 7) is 2.06. The normalized spacial score (nSPS) is 50.5. The molecular weight excluding hydrogens is 252 g/mol. The van der Waals surface area contributed by atoms with Crippen molar-refractivity contribution in [3.63, 3.8) is 0 Å². The maximum absolute atomic E-state index is 10.1. The molecule has 0 aromatic heterocycles. The first kappa shape index (κ1) is 13.5. The molecule has 1 heterocycles. The average molecular weight is 280 g/mol. The second-order valence-electron chi connectivity index (χ2n) is 7.70. The Hall–Kier alpha value is -0.120. The van der Waals surface area contributed by atoms with Crippen LogP contribution in [0.5, 0.6) is 0 Å². The van der Waals surface area contributed by atoms with Crippen molar-refractivity contribution in [1.29, 1.82) is 0 Å². The molecule has 0 aromatic rings. The largest absolute Gasteiger partial charge is 0.396 e. The van der Waals surface area contributed by atoms with E-state index in [0.717, 1.165) is 31.5 Å². The van der Waals surface area contributed by atoms with Crippen LogP contribution < -0.4 is 0 Å². The number of fused-ring (bicyclic) bond motifs is 5. The lowest BCUT2D eigenvalue weighted by Crippen LogP contribution is -2.47.